The standard InChI is InChI=1S/C13H25N5O3/c1-4-5-7-18-12(14-15-16-18)11-17(9-10-20-2)8-6-13(19)21-3/h4-11H2,1-3H3. The zero-order valence-electron chi connectivity index (χ0n) is 13.1. The van der Waals surface area contributed by atoms with Crippen molar-refractivity contribution in [2.45, 2.75) is 39.3 Å². The summed E-state index contributed by atoms with van der Waals surface area (Å²) in [6.45, 7) is 5.44. The molecule has 0 aliphatic carbocycles. The van der Waals surface area contributed by atoms with Crippen LogP contribution in [0.25, 0.3) is 0 Å². The van der Waals surface area contributed by atoms with Gasteiger partial charge < -0.3 is 9.47 Å². The lowest BCUT2D eigenvalue weighted by Crippen LogP contribution is -2.31. The van der Waals surface area contributed by atoms with Crippen LogP contribution in [0.2, 0.25) is 0 Å². The Morgan fingerprint density at radius 2 is 2.14 bits per heavy atom. The smallest absolute Gasteiger partial charge is 0.306 e. The summed E-state index contributed by atoms with van der Waals surface area (Å²) in [5.41, 5.74) is 0. The van der Waals surface area contributed by atoms with Gasteiger partial charge in [0.15, 0.2) is 5.82 Å². The van der Waals surface area contributed by atoms with E-state index in [1.54, 1.807) is 7.11 Å². The summed E-state index contributed by atoms with van der Waals surface area (Å²) in [5, 5.41) is 11.8. The molecule has 8 nitrogen and oxygen atoms in total. The van der Waals surface area contributed by atoms with E-state index in [0.717, 1.165) is 25.2 Å². The highest BCUT2D eigenvalue weighted by atomic mass is 16.5. The number of nitrogens with zero attached hydrogens (tertiary/aromatic N) is 5. The lowest BCUT2D eigenvalue weighted by Gasteiger charge is -2.20. The molecule has 0 unspecified atom stereocenters. The number of aromatic nitrogens is 4. The Balaban J connectivity index is 2.57. The molecule has 0 N–H and O–H groups in total. The van der Waals surface area contributed by atoms with Crippen LogP contribution >= 0.6 is 0 Å². The summed E-state index contributed by atoms with van der Waals surface area (Å²) >= 11 is 0. The number of rotatable bonds is 11. The first-order valence-electron chi connectivity index (χ1n) is 7.24. The van der Waals surface area contributed by atoms with E-state index in [-0.39, 0.29) is 5.97 Å². The first-order valence-corrected chi connectivity index (χ1v) is 7.24. The van der Waals surface area contributed by atoms with Crippen molar-refractivity contribution < 1.29 is 14.3 Å². The predicted octanol–water partition coefficient (Wildman–Crippen LogP) is 0.485. The second-order valence-electron chi connectivity index (χ2n) is 4.77. The first kappa shape index (κ1) is 17.5. The zero-order valence-corrected chi connectivity index (χ0v) is 13.1. The van der Waals surface area contributed by atoms with Crippen molar-refractivity contribution in [3.8, 4) is 0 Å². The molecule has 0 spiro atoms. The number of ether oxygens (including phenoxy) is 2. The number of unbranched alkanes of at least 4 members (excludes halogenated alkanes) is 1. The molecule has 0 saturated heterocycles. The van der Waals surface area contributed by atoms with Crippen LogP contribution in [0.1, 0.15) is 32.0 Å². The minimum Gasteiger partial charge on any atom is -0.469 e. The molecular weight excluding hydrogens is 274 g/mol. The maximum absolute atomic E-state index is 11.3. The zero-order chi connectivity index (χ0) is 15.5. The van der Waals surface area contributed by atoms with Crippen LogP contribution < -0.4 is 0 Å². The van der Waals surface area contributed by atoms with E-state index in [1.807, 2.05) is 4.68 Å². The van der Waals surface area contributed by atoms with Gasteiger partial charge in [0.05, 0.1) is 26.7 Å². The van der Waals surface area contributed by atoms with Crippen molar-refractivity contribution in [1.82, 2.24) is 25.1 Å². The monoisotopic (exact) mass is 299 g/mol. The third-order valence-corrected chi connectivity index (χ3v) is 3.17. The van der Waals surface area contributed by atoms with Crippen molar-refractivity contribution in [1.29, 1.82) is 0 Å². The van der Waals surface area contributed by atoms with Gasteiger partial charge in [-0.15, -0.1) is 5.10 Å². The van der Waals surface area contributed by atoms with E-state index in [2.05, 4.69) is 32.1 Å². The molecule has 0 fully saturated rings. The summed E-state index contributed by atoms with van der Waals surface area (Å²) < 4.78 is 11.6. The number of carbonyl (C=O) groups excluding carboxylic acids is 1. The molecule has 8 heteroatoms. The predicted molar refractivity (Wildman–Crippen MR) is 76.5 cm³/mol. The van der Waals surface area contributed by atoms with Crippen LogP contribution in [0.15, 0.2) is 0 Å². The number of hydrogen-bond donors (Lipinski definition) is 0. The lowest BCUT2D eigenvalue weighted by molar-refractivity contribution is -0.141. The Bertz CT molecular complexity index is 410. The van der Waals surface area contributed by atoms with E-state index >= 15 is 0 Å². The van der Waals surface area contributed by atoms with Crippen molar-refractivity contribution in [3.05, 3.63) is 5.82 Å². The molecule has 0 saturated carbocycles. The molecule has 1 aromatic rings. The largest absolute Gasteiger partial charge is 0.469 e. The van der Waals surface area contributed by atoms with E-state index in [1.165, 1.54) is 7.11 Å². The Kier molecular flexibility index (Phi) is 8.53. The number of esters is 1. The fourth-order valence-electron chi connectivity index (χ4n) is 1.86. The molecule has 0 aliphatic heterocycles. The topological polar surface area (TPSA) is 82.4 Å². The molecule has 1 rings (SSSR count). The third kappa shape index (κ3) is 6.63. The van der Waals surface area contributed by atoms with Gasteiger partial charge in [0.25, 0.3) is 0 Å². The summed E-state index contributed by atoms with van der Waals surface area (Å²) in [6.07, 6.45) is 2.48. The van der Waals surface area contributed by atoms with Crippen LogP contribution in [0.4, 0.5) is 0 Å². The van der Waals surface area contributed by atoms with Gasteiger partial charge in [-0.3, -0.25) is 9.69 Å². The SMILES string of the molecule is CCCCn1nnnc1CN(CCOC)CCC(=O)OC. The Hall–Kier alpha value is -1.54. The summed E-state index contributed by atoms with van der Waals surface area (Å²) in [7, 11) is 3.05. The molecule has 1 aromatic heterocycles. The number of carbonyl (C=O) groups is 1. The highest BCUT2D eigenvalue weighted by Crippen LogP contribution is 2.04. The number of tetrazole rings is 1. The quantitative estimate of drug-likeness (QED) is 0.550. The minimum absolute atomic E-state index is 0.219. The normalized spacial score (nSPS) is 11.0. The fourth-order valence-corrected chi connectivity index (χ4v) is 1.86. The van der Waals surface area contributed by atoms with Gasteiger partial charge in [0, 0.05) is 26.7 Å². The first-order chi connectivity index (χ1) is 10.2. The average Bonchev–Trinajstić information content (AvgIpc) is 2.94. The number of methoxy groups -OCH3 is 2. The molecule has 0 bridgehead atoms. The van der Waals surface area contributed by atoms with E-state index in [4.69, 9.17) is 4.74 Å². The molecular formula is C13H25N5O3. The second kappa shape index (κ2) is 10.2. The Morgan fingerprint density at radius 3 is 2.81 bits per heavy atom. The van der Waals surface area contributed by atoms with Crippen molar-refractivity contribution in [2.75, 3.05) is 33.9 Å². The molecule has 0 aliphatic rings. The van der Waals surface area contributed by atoms with Gasteiger partial charge in [-0.2, -0.15) is 0 Å². The molecule has 1 heterocycles. The Morgan fingerprint density at radius 1 is 1.33 bits per heavy atom. The second-order valence-corrected chi connectivity index (χ2v) is 4.77. The molecule has 120 valence electrons. The summed E-state index contributed by atoms with van der Waals surface area (Å²) in [6, 6.07) is 0. The molecule has 0 radical (unpaired) electrons. The van der Waals surface area contributed by atoms with Gasteiger partial charge in [0.2, 0.25) is 0 Å². The lowest BCUT2D eigenvalue weighted by atomic mass is 10.3. The van der Waals surface area contributed by atoms with Crippen LogP contribution in [0, 0.1) is 0 Å². The fraction of sp³-hybridized carbons (Fsp3) is 0.846. The summed E-state index contributed by atoms with van der Waals surface area (Å²) in [5.74, 6) is 0.590. The maximum Gasteiger partial charge on any atom is 0.306 e. The van der Waals surface area contributed by atoms with Crippen molar-refractivity contribution in [2.24, 2.45) is 0 Å². The highest BCUT2D eigenvalue weighted by molar-refractivity contribution is 5.69. The highest BCUT2D eigenvalue weighted by Gasteiger charge is 2.13. The minimum atomic E-state index is -0.219. The number of hydrogen-bond acceptors (Lipinski definition) is 7. The van der Waals surface area contributed by atoms with Gasteiger partial charge in [-0.1, -0.05) is 13.3 Å². The molecule has 0 amide bonds. The maximum atomic E-state index is 11.3. The van der Waals surface area contributed by atoms with Gasteiger partial charge in [-0.25, -0.2) is 4.68 Å². The van der Waals surface area contributed by atoms with Crippen LogP contribution in [0.5, 0.6) is 0 Å². The number of aryl methyl sites for hydroxylation is 1. The third-order valence-electron chi connectivity index (χ3n) is 3.17. The van der Waals surface area contributed by atoms with Gasteiger partial charge >= 0.3 is 5.97 Å². The van der Waals surface area contributed by atoms with Gasteiger partial charge in [-0.05, 0) is 16.8 Å². The van der Waals surface area contributed by atoms with Crippen molar-refractivity contribution >= 4 is 5.97 Å². The van der Waals surface area contributed by atoms with E-state index < -0.39 is 0 Å². The van der Waals surface area contributed by atoms with Gasteiger partial charge in [0.1, 0.15) is 0 Å². The summed E-state index contributed by atoms with van der Waals surface area (Å²) in [4.78, 5) is 13.4. The van der Waals surface area contributed by atoms with Crippen LogP contribution in [-0.4, -0.2) is 65.0 Å². The average molecular weight is 299 g/mol. The molecule has 21 heavy (non-hydrogen) atoms. The Labute approximate surface area is 125 Å². The molecule has 0 aromatic carbocycles. The van der Waals surface area contributed by atoms with E-state index in [0.29, 0.717) is 32.7 Å². The van der Waals surface area contributed by atoms with Crippen LogP contribution in [0.3, 0.4) is 0 Å². The van der Waals surface area contributed by atoms with E-state index in [9.17, 15) is 4.79 Å². The van der Waals surface area contributed by atoms with Crippen LogP contribution in [-0.2, 0) is 27.4 Å². The van der Waals surface area contributed by atoms with Crippen molar-refractivity contribution in [3.63, 3.8) is 0 Å². The molecule has 0 atom stereocenters.